The van der Waals surface area contributed by atoms with Crippen LogP contribution < -0.4 is 25.8 Å². The molecule has 1 aliphatic carbocycles. The minimum Gasteiger partial charge on any atom is -0.385 e. The molecule has 10 rings (SSSR count). The molecule has 3 saturated heterocycles. The number of carbonyl (C=O) groups is 3. The number of imidazole rings is 1. The summed E-state index contributed by atoms with van der Waals surface area (Å²) in [6.45, 7) is 3.50. The van der Waals surface area contributed by atoms with Crippen LogP contribution in [0.4, 0.5) is 31.7 Å². The number of nitrogens with zero attached hydrogens (tertiary/aromatic N) is 8. The third-order valence-electron chi connectivity index (χ3n) is 13.0. The number of amides is 3. The van der Waals surface area contributed by atoms with Gasteiger partial charge in [-0.05, 0) is 73.1 Å². The van der Waals surface area contributed by atoms with Gasteiger partial charge in [0.2, 0.25) is 11.8 Å². The van der Waals surface area contributed by atoms with E-state index in [1.807, 2.05) is 59.3 Å². The largest absolute Gasteiger partial charge is 0.385 e. The van der Waals surface area contributed by atoms with Gasteiger partial charge in [-0.15, -0.1) is 5.10 Å². The number of nitrogens with one attached hydrogen (secondary N) is 3. The zero-order valence-corrected chi connectivity index (χ0v) is 35.2. The Hall–Kier alpha value is -5.71. The Labute approximate surface area is 362 Å². The van der Waals surface area contributed by atoms with Crippen molar-refractivity contribution in [1.82, 2.24) is 40.0 Å². The third-order valence-corrected chi connectivity index (χ3v) is 13.4. The van der Waals surface area contributed by atoms with Gasteiger partial charge >= 0.3 is 0 Å². The Bertz CT molecular complexity index is 2560. The number of hydrogen-bond acceptors (Lipinski definition) is 11. The molecule has 17 heteroatoms. The summed E-state index contributed by atoms with van der Waals surface area (Å²) < 4.78 is 33.4. The zero-order valence-electron chi connectivity index (χ0n) is 34.4. The van der Waals surface area contributed by atoms with Crippen LogP contribution in [-0.4, -0.2) is 118 Å². The maximum atomic E-state index is 15.9. The number of benzene rings is 2. The Kier molecular flexibility index (Phi) is 10.5. The number of imide groups is 1. The first-order valence-electron chi connectivity index (χ1n) is 21.5. The van der Waals surface area contributed by atoms with Gasteiger partial charge in [-0.1, -0.05) is 35.9 Å². The maximum absolute atomic E-state index is 15.9. The van der Waals surface area contributed by atoms with Gasteiger partial charge in [0, 0.05) is 99.5 Å². The van der Waals surface area contributed by atoms with Crippen LogP contribution in [0.1, 0.15) is 65.2 Å². The molecular weight excluding hydrogens is 816 g/mol. The van der Waals surface area contributed by atoms with E-state index in [4.69, 9.17) is 21.7 Å². The lowest BCUT2D eigenvalue weighted by Crippen LogP contribution is -2.61. The van der Waals surface area contributed by atoms with E-state index in [2.05, 4.69) is 42.9 Å². The number of fused-ring (bicyclic) bond motifs is 2. The van der Waals surface area contributed by atoms with Gasteiger partial charge in [-0.3, -0.25) is 34.5 Å². The molecule has 2 unspecified atom stereocenters. The summed E-state index contributed by atoms with van der Waals surface area (Å²) in [5.74, 6) is -3.44. The molecule has 5 aromatic rings. The number of carbonyl (C=O) groups excluding carboxylic acids is 3. The smallest absolute Gasteiger partial charge is 0.275 e. The first kappa shape index (κ1) is 40.4. The molecule has 7 heterocycles. The first-order valence-corrected chi connectivity index (χ1v) is 21.8. The van der Waals surface area contributed by atoms with Gasteiger partial charge in [-0.25, -0.2) is 18.3 Å². The number of piperidine rings is 2. The number of aromatic nitrogens is 4. The van der Waals surface area contributed by atoms with Gasteiger partial charge < -0.3 is 20.4 Å². The van der Waals surface area contributed by atoms with E-state index in [-0.39, 0.29) is 36.7 Å². The molecule has 3 N–H and O–H groups in total. The predicted octanol–water partition coefficient (Wildman–Crippen LogP) is 5.62. The first-order chi connectivity index (χ1) is 30.0. The van der Waals surface area contributed by atoms with E-state index in [0.717, 1.165) is 58.7 Å². The van der Waals surface area contributed by atoms with E-state index in [1.165, 1.54) is 0 Å². The molecule has 0 bridgehead atoms. The Morgan fingerprint density at radius 2 is 1.77 bits per heavy atom. The molecule has 2 atom stereocenters. The van der Waals surface area contributed by atoms with Crippen molar-refractivity contribution in [3.8, 4) is 11.3 Å². The van der Waals surface area contributed by atoms with Crippen molar-refractivity contribution in [2.75, 3.05) is 68.0 Å². The standard InChI is InChI=1S/C45H48ClF2N11O3/c1-49-36-22-40(54-59-38(24-51-42(36)59)44(62)52-28-6-7-28)58-16-13-32-31(3-2-4-37(32)58)35-11-5-27(23-50-35)25-55-15-14-39(45(47,48)26-55)57-19-17-56(18-20-57)29-8-9-30(34(46)21-29)33-10-12-41(60)53-43(33)61/h2-5,8-9,11,21-24,28,33,39,49H,6-7,10,12-20,25-26H2,1H3,(H,52,62)(H,53,60,61). The predicted molar refractivity (Wildman–Crippen MR) is 232 cm³/mol. The number of hydrogen-bond donors (Lipinski definition) is 3. The highest BCUT2D eigenvalue weighted by molar-refractivity contribution is 6.32. The maximum Gasteiger partial charge on any atom is 0.275 e. The summed E-state index contributed by atoms with van der Waals surface area (Å²) in [6, 6.07) is 17.1. The van der Waals surface area contributed by atoms with Crippen molar-refractivity contribution in [2.45, 2.75) is 69.0 Å². The summed E-state index contributed by atoms with van der Waals surface area (Å²) in [5.41, 5.74) is 8.20. The van der Waals surface area contributed by atoms with Crippen molar-refractivity contribution in [1.29, 1.82) is 0 Å². The lowest BCUT2D eigenvalue weighted by molar-refractivity contribution is -0.134. The lowest BCUT2D eigenvalue weighted by Gasteiger charge is -2.46. The number of alkyl halides is 2. The highest BCUT2D eigenvalue weighted by atomic mass is 35.5. The highest BCUT2D eigenvalue weighted by Gasteiger charge is 2.48. The highest BCUT2D eigenvalue weighted by Crippen LogP contribution is 2.41. The van der Waals surface area contributed by atoms with E-state index in [0.29, 0.717) is 86.4 Å². The average molecular weight is 864 g/mol. The van der Waals surface area contributed by atoms with E-state index < -0.39 is 17.9 Å². The van der Waals surface area contributed by atoms with Gasteiger partial charge in [-0.2, -0.15) is 0 Å². The summed E-state index contributed by atoms with van der Waals surface area (Å²) in [4.78, 5) is 54.5. The van der Waals surface area contributed by atoms with Crippen LogP contribution in [0.15, 0.2) is 67.0 Å². The summed E-state index contributed by atoms with van der Waals surface area (Å²) in [6.07, 6.45) is 7.18. The number of anilines is 4. The van der Waals surface area contributed by atoms with Crippen molar-refractivity contribution in [3.63, 3.8) is 0 Å². The SMILES string of the molecule is CNc1cc(N2CCc3c(-c4ccc(CN5CCC(N6CCN(c7ccc(C8CCC(=O)NC8=O)c(Cl)c7)CC6)C(F)(F)C5)cn4)cccc32)nn2c(C(=O)NC3CC3)cnc12. The van der Waals surface area contributed by atoms with Gasteiger partial charge in [0.05, 0.1) is 36.1 Å². The van der Waals surface area contributed by atoms with Crippen molar-refractivity contribution in [3.05, 3.63) is 94.4 Å². The second-order valence-electron chi connectivity index (χ2n) is 17.1. The number of rotatable bonds is 10. The third kappa shape index (κ3) is 7.72. The molecule has 0 radical (unpaired) electrons. The fourth-order valence-electron chi connectivity index (χ4n) is 9.62. The van der Waals surface area contributed by atoms with Crippen LogP contribution in [0.2, 0.25) is 5.02 Å². The van der Waals surface area contributed by atoms with E-state index in [9.17, 15) is 14.4 Å². The van der Waals surface area contributed by atoms with Crippen LogP contribution in [0.25, 0.3) is 16.9 Å². The van der Waals surface area contributed by atoms with Crippen LogP contribution >= 0.6 is 11.6 Å². The number of pyridine rings is 1. The van der Waals surface area contributed by atoms with E-state index >= 15 is 8.78 Å². The van der Waals surface area contributed by atoms with Crippen LogP contribution in [0.5, 0.6) is 0 Å². The van der Waals surface area contributed by atoms with Gasteiger partial charge in [0.15, 0.2) is 17.2 Å². The average Bonchev–Trinajstić information content (AvgIpc) is 3.79. The molecule has 2 aromatic carbocycles. The number of likely N-dealkylation sites (tertiary alicyclic amines) is 1. The fraction of sp³-hybridized carbons (Fsp3) is 0.422. The minimum atomic E-state index is -2.88. The molecule has 1 saturated carbocycles. The van der Waals surface area contributed by atoms with Gasteiger partial charge in [0.1, 0.15) is 0 Å². The van der Waals surface area contributed by atoms with Crippen LogP contribution in [0, 0.1) is 0 Å². The van der Waals surface area contributed by atoms with Crippen molar-refractivity contribution < 1.29 is 23.2 Å². The second kappa shape index (κ2) is 16.2. The molecule has 3 aromatic heterocycles. The molecule has 4 fully saturated rings. The summed E-state index contributed by atoms with van der Waals surface area (Å²) >= 11 is 6.64. The number of halogens is 3. The van der Waals surface area contributed by atoms with Crippen molar-refractivity contribution in [2.24, 2.45) is 0 Å². The lowest BCUT2D eigenvalue weighted by atomic mass is 9.90. The van der Waals surface area contributed by atoms with Crippen LogP contribution in [-0.2, 0) is 22.6 Å². The Morgan fingerprint density at radius 3 is 2.50 bits per heavy atom. The minimum absolute atomic E-state index is 0.184. The van der Waals surface area contributed by atoms with Crippen LogP contribution in [0.3, 0.4) is 0 Å². The molecule has 62 heavy (non-hydrogen) atoms. The number of piperazine rings is 1. The molecule has 322 valence electrons. The van der Waals surface area contributed by atoms with Crippen molar-refractivity contribution >= 4 is 57.8 Å². The molecule has 0 spiro atoms. The Balaban J connectivity index is 0.765. The normalized spacial score (nSPS) is 21.9. The molecule has 5 aliphatic rings. The monoisotopic (exact) mass is 863 g/mol. The molecule has 4 aliphatic heterocycles. The topological polar surface area (TPSA) is 143 Å². The van der Waals surface area contributed by atoms with E-state index in [1.54, 1.807) is 16.9 Å². The van der Waals surface area contributed by atoms with Gasteiger partial charge in [0.25, 0.3) is 11.8 Å². The quantitative estimate of drug-likeness (QED) is 0.151. The summed E-state index contributed by atoms with van der Waals surface area (Å²) in [5, 5.41) is 14.0. The zero-order chi connectivity index (χ0) is 42.7. The summed E-state index contributed by atoms with van der Waals surface area (Å²) in [7, 11) is 1.83. The second-order valence-corrected chi connectivity index (χ2v) is 17.5. The molecule has 3 amide bonds. The molecule has 14 nitrogen and oxygen atoms in total. The Morgan fingerprint density at radius 1 is 0.935 bits per heavy atom. The molecular formula is C45H48ClF2N11O3. The fourth-order valence-corrected chi connectivity index (χ4v) is 9.93.